The van der Waals surface area contributed by atoms with Crippen LogP contribution in [-0.4, -0.2) is 21.9 Å². The number of aromatic nitrogens is 2. The third-order valence-corrected chi connectivity index (χ3v) is 3.96. The molecule has 23 heavy (non-hydrogen) atoms. The van der Waals surface area contributed by atoms with E-state index < -0.39 is 11.7 Å². The minimum absolute atomic E-state index is 0.128. The molecule has 0 bridgehead atoms. The molecular formula is C17H19FN4O. The van der Waals surface area contributed by atoms with Crippen LogP contribution in [0.15, 0.2) is 36.7 Å². The van der Waals surface area contributed by atoms with E-state index in [0.29, 0.717) is 11.9 Å². The molecule has 0 spiro atoms. The van der Waals surface area contributed by atoms with Crippen LogP contribution in [0.1, 0.15) is 42.6 Å². The van der Waals surface area contributed by atoms with E-state index in [2.05, 4.69) is 20.6 Å². The third-order valence-electron chi connectivity index (χ3n) is 3.96. The second-order valence-corrected chi connectivity index (χ2v) is 5.70. The average Bonchev–Trinajstić information content (AvgIpc) is 2.58. The van der Waals surface area contributed by atoms with Crippen molar-refractivity contribution in [1.82, 2.24) is 9.97 Å². The highest BCUT2D eigenvalue weighted by Crippen LogP contribution is 2.20. The molecule has 1 aromatic heterocycles. The Morgan fingerprint density at radius 3 is 2.57 bits per heavy atom. The molecule has 1 saturated carbocycles. The zero-order valence-electron chi connectivity index (χ0n) is 12.8. The van der Waals surface area contributed by atoms with Crippen LogP contribution in [0.25, 0.3) is 0 Å². The van der Waals surface area contributed by atoms with Gasteiger partial charge < -0.3 is 10.6 Å². The highest BCUT2D eigenvalue weighted by Gasteiger charge is 2.15. The summed E-state index contributed by atoms with van der Waals surface area (Å²) in [4.78, 5) is 20.4. The highest BCUT2D eigenvalue weighted by atomic mass is 19.1. The molecule has 2 aromatic rings. The molecule has 0 aliphatic heterocycles. The number of nitrogens with one attached hydrogen (secondary N) is 2. The Kier molecular flexibility index (Phi) is 4.80. The molecule has 3 rings (SSSR count). The van der Waals surface area contributed by atoms with Crippen molar-refractivity contribution in [3.05, 3.63) is 48.2 Å². The summed E-state index contributed by atoms with van der Waals surface area (Å²) in [6, 6.07) is 6.44. The van der Waals surface area contributed by atoms with Crippen LogP contribution in [0, 0.1) is 5.82 Å². The first-order valence-corrected chi connectivity index (χ1v) is 7.87. The van der Waals surface area contributed by atoms with Crippen LogP contribution in [-0.2, 0) is 0 Å². The Bertz CT molecular complexity index is 669. The van der Waals surface area contributed by atoms with Crippen molar-refractivity contribution in [2.75, 3.05) is 10.6 Å². The Balaban J connectivity index is 1.62. The smallest absolute Gasteiger partial charge is 0.275 e. The minimum Gasteiger partial charge on any atom is -0.366 e. The molecule has 1 fully saturated rings. The average molecular weight is 314 g/mol. The van der Waals surface area contributed by atoms with E-state index in [1.165, 1.54) is 37.6 Å². The van der Waals surface area contributed by atoms with Crippen LogP contribution in [0.2, 0.25) is 0 Å². The maximum Gasteiger partial charge on any atom is 0.275 e. The fraction of sp³-hybridized carbons (Fsp3) is 0.353. The number of nitrogens with zero attached hydrogens (tertiary/aromatic N) is 2. The Morgan fingerprint density at radius 1 is 1.09 bits per heavy atom. The van der Waals surface area contributed by atoms with E-state index in [0.717, 1.165) is 12.8 Å². The van der Waals surface area contributed by atoms with Gasteiger partial charge in [-0.15, -0.1) is 0 Å². The molecule has 1 heterocycles. The van der Waals surface area contributed by atoms with Gasteiger partial charge in [0.25, 0.3) is 5.91 Å². The largest absolute Gasteiger partial charge is 0.366 e. The molecule has 2 N–H and O–H groups in total. The Labute approximate surface area is 134 Å². The van der Waals surface area contributed by atoms with Crippen molar-refractivity contribution < 1.29 is 9.18 Å². The molecule has 120 valence electrons. The van der Waals surface area contributed by atoms with Crippen molar-refractivity contribution in [3.8, 4) is 0 Å². The summed E-state index contributed by atoms with van der Waals surface area (Å²) in [5, 5.41) is 5.83. The van der Waals surface area contributed by atoms with Gasteiger partial charge in [-0.25, -0.2) is 14.4 Å². The van der Waals surface area contributed by atoms with Gasteiger partial charge >= 0.3 is 0 Å². The normalized spacial score (nSPS) is 15.2. The summed E-state index contributed by atoms with van der Waals surface area (Å²) >= 11 is 0. The maximum absolute atomic E-state index is 13.5. The fourth-order valence-corrected chi connectivity index (χ4v) is 2.72. The SMILES string of the molecule is O=C(Nc1ccccc1F)c1cnc(NC2CCCCC2)cn1. The zero-order chi connectivity index (χ0) is 16.1. The van der Waals surface area contributed by atoms with E-state index in [1.54, 1.807) is 18.3 Å². The summed E-state index contributed by atoms with van der Waals surface area (Å²) in [6.45, 7) is 0. The Morgan fingerprint density at radius 2 is 1.87 bits per heavy atom. The fourth-order valence-electron chi connectivity index (χ4n) is 2.72. The zero-order valence-corrected chi connectivity index (χ0v) is 12.8. The molecule has 1 aliphatic carbocycles. The van der Waals surface area contributed by atoms with Gasteiger partial charge in [0.05, 0.1) is 18.1 Å². The van der Waals surface area contributed by atoms with Crippen molar-refractivity contribution in [1.29, 1.82) is 0 Å². The molecular weight excluding hydrogens is 295 g/mol. The molecule has 0 atom stereocenters. The van der Waals surface area contributed by atoms with Gasteiger partial charge in [-0.1, -0.05) is 31.4 Å². The maximum atomic E-state index is 13.5. The molecule has 1 amide bonds. The molecule has 5 nitrogen and oxygen atoms in total. The van der Waals surface area contributed by atoms with E-state index in [1.807, 2.05) is 0 Å². The second-order valence-electron chi connectivity index (χ2n) is 5.70. The lowest BCUT2D eigenvalue weighted by Gasteiger charge is -2.23. The van der Waals surface area contributed by atoms with Crippen LogP contribution in [0.5, 0.6) is 0 Å². The van der Waals surface area contributed by atoms with E-state index in [4.69, 9.17) is 0 Å². The summed E-state index contributed by atoms with van der Waals surface area (Å²) in [6.07, 6.45) is 8.97. The van der Waals surface area contributed by atoms with Gasteiger partial charge in [0.1, 0.15) is 17.3 Å². The monoisotopic (exact) mass is 314 g/mol. The van der Waals surface area contributed by atoms with Gasteiger partial charge in [0, 0.05) is 6.04 Å². The number of anilines is 2. The highest BCUT2D eigenvalue weighted by molar-refractivity contribution is 6.02. The number of hydrogen-bond donors (Lipinski definition) is 2. The lowest BCUT2D eigenvalue weighted by Crippen LogP contribution is -2.23. The quantitative estimate of drug-likeness (QED) is 0.904. The second kappa shape index (κ2) is 7.17. The van der Waals surface area contributed by atoms with E-state index in [9.17, 15) is 9.18 Å². The molecule has 0 unspecified atom stereocenters. The van der Waals surface area contributed by atoms with Crippen LogP contribution in [0.3, 0.4) is 0 Å². The van der Waals surface area contributed by atoms with Crippen molar-refractivity contribution >= 4 is 17.4 Å². The summed E-state index contributed by atoms with van der Waals surface area (Å²) in [5.74, 6) is -0.296. The van der Waals surface area contributed by atoms with Crippen LogP contribution >= 0.6 is 0 Å². The standard InChI is InChI=1S/C17H19FN4O/c18-13-8-4-5-9-14(13)22-17(23)15-10-20-16(11-19-15)21-12-6-2-1-3-7-12/h4-5,8-12H,1-3,6-7H2,(H,20,21)(H,22,23). The molecule has 0 radical (unpaired) electrons. The first kappa shape index (κ1) is 15.4. The van der Waals surface area contributed by atoms with Crippen molar-refractivity contribution in [2.24, 2.45) is 0 Å². The topological polar surface area (TPSA) is 66.9 Å². The number of hydrogen-bond acceptors (Lipinski definition) is 4. The summed E-state index contributed by atoms with van der Waals surface area (Å²) < 4.78 is 13.5. The molecule has 1 aliphatic rings. The molecule has 6 heteroatoms. The van der Waals surface area contributed by atoms with Gasteiger partial charge in [-0.3, -0.25) is 4.79 Å². The predicted octanol–water partition coefficient (Wildman–Crippen LogP) is 3.61. The van der Waals surface area contributed by atoms with Gasteiger partial charge in [0.2, 0.25) is 0 Å². The molecule has 1 aromatic carbocycles. The number of halogens is 1. The number of para-hydroxylation sites is 1. The Hall–Kier alpha value is -2.50. The number of amides is 1. The van der Waals surface area contributed by atoms with Gasteiger partial charge in [0.15, 0.2) is 0 Å². The lowest BCUT2D eigenvalue weighted by molar-refractivity contribution is 0.102. The van der Waals surface area contributed by atoms with E-state index in [-0.39, 0.29) is 11.4 Å². The molecule has 0 saturated heterocycles. The number of carbonyl (C=O) groups excluding carboxylic acids is 1. The van der Waals surface area contributed by atoms with Gasteiger partial charge in [-0.05, 0) is 25.0 Å². The first-order valence-electron chi connectivity index (χ1n) is 7.87. The third kappa shape index (κ3) is 4.03. The van der Waals surface area contributed by atoms with E-state index >= 15 is 0 Å². The predicted molar refractivity (Wildman–Crippen MR) is 86.9 cm³/mol. The number of benzene rings is 1. The summed E-state index contributed by atoms with van der Waals surface area (Å²) in [5.41, 5.74) is 0.283. The number of carbonyl (C=O) groups is 1. The minimum atomic E-state index is -0.482. The van der Waals surface area contributed by atoms with Crippen molar-refractivity contribution in [2.45, 2.75) is 38.1 Å². The number of rotatable bonds is 4. The summed E-state index contributed by atoms with van der Waals surface area (Å²) in [7, 11) is 0. The van der Waals surface area contributed by atoms with Crippen LogP contribution in [0.4, 0.5) is 15.9 Å². The lowest BCUT2D eigenvalue weighted by atomic mass is 9.96. The first-order chi connectivity index (χ1) is 11.2. The van der Waals surface area contributed by atoms with Gasteiger partial charge in [-0.2, -0.15) is 0 Å². The van der Waals surface area contributed by atoms with Crippen LogP contribution < -0.4 is 10.6 Å². The van der Waals surface area contributed by atoms with Crippen molar-refractivity contribution in [3.63, 3.8) is 0 Å².